The van der Waals surface area contributed by atoms with Gasteiger partial charge in [0.2, 0.25) is 0 Å². The minimum Gasteiger partial charge on any atom is -0.339 e. The zero-order valence-corrected chi connectivity index (χ0v) is 15.7. The number of likely N-dealkylation sites (tertiary alicyclic amines) is 1. The Morgan fingerprint density at radius 3 is 2.85 bits per heavy atom. The molecule has 0 saturated carbocycles. The SMILES string of the molecule is O=C(c1cncc(Cl)c1)N1CCC(c2nccn2Cc2cscn2)CC1. The number of aromatic nitrogens is 4. The first-order valence-electron chi connectivity index (χ1n) is 8.48. The summed E-state index contributed by atoms with van der Waals surface area (Å²) in [7, 11) is 0. The van der Waals surface area contributed by atoms with Crippen LogP contribution in [0.3, 0.4) is 0 Å². The van der Waals surface area contributed by atoms with Gasteiger partial charge >= 0.3 is 0 Å². The molecule has 0 unspecified atom stereocenters. The van der Waals surface area contributed by atoms with Crippen LogP contribution in [0.4, 0.5) is 0 Å². The van der Waals surface area contributed by atoms with Gasteiger partial charge in [-0.15, -0.1) is 11.3 Å². The molecule has 1 saturated heterocycles. The molecule has 0 radical (unpaired) electrons. The number of nitrogens with zero attached hydrogens (tertiary/aromatic N) is 5. The van der Waals surface area contributed by atoms with Crippen LogP contribution in [0.5, 0.6) is 0 Å². The van der Waals surface area contributed by atoms with Gasteiger partial charge in [0.25, 0.3) is 5.91 Å². The van der Waals surface area contributed by atoms with Gasteiger partial charge in [-0.1, -0.05) is 11.6 Å². The molecule has 4 heterocycles. The quantitative estimate of drug-likeness (QED) is 0.687. The van der Waals surface area contributed by atoms with Crippen LogP contribution in [0.15, 0.2) is 41.7 Å². The van der Waals surface area contributed by atoms with E-state index < -0.39 is 0 Å². The molecule has 0 aliphatic carbocycles. The summed E-state index contributed by atoms with van der Waals surface area (Å²) < 4.78 is 2.16. The van der Waals surface area contributed by atoms with Crippen molar-refractivity contribution in [2.75, 3.05) is 13.1 Å². The largest absolute Gasteiger partial charge is 0.339 e. The third kappa shape index (κ3) is 3.64. The number of hydrogen-bond donors (Lipinski definition) is 0. The van der Waals surface area contributed by atoms with E-state index >= 15 is 0 Å². The van der Waals surface area contributed by atoms with E-state index in [4.69, 9.17) is 11.6 Å². The lowest BCUT2D eigenvalue weighted by Gasteiger charge is -2.32. The van der Waals surface area contributed by atoms with E-state index in [0.717, 1.165) is 30.9 Å². The molecule has 1 aliphatic rings. The van der Waals surface area contributed by atoms with Crippen LogP contribution >= 0.6 is 22.9 Å². The minimum absolute atomic E-state index is 0.00994. The van der Waals surface area contributed by atoms with Gasteiger partial charge in [0.05, 0.1) is 28.3 Å². The van der Waals surface area contributed by atoms with E-state index in [1.807, 2.05) is 22.8 Å². The Labute approximate surface area is 160 Å². The topological polar surface area (TPSA) is 63.9 Å². The molecule has 0 aromatic carbocycles. The molecule has 0 atom stereocenters. The van der Waals surface area contributed by atoms with Crippen LogP contribution in [0.25, 0.3) is 0 Å². The predicted octanol–water partition coefficient (Wildman–Crippen LogP) is 3.46. The van der Waals surface area contributed by atoms with Crippen LogP contribution in [0.1, 0.15) is 40.6 Å². The normalized spacial score (nSPS) is 15.3. The van der Waals surface area contributed by atoms with Crippen molar-refractivity contribution in [3.63, 3.8) is 0 Å². The van der Waals surface area contributed by atoms with E-state index in [2.05, 4.69) is 24.9 Å². The Morgan fingerprint density at radius 2 is 2.12 bits per heavy atom. The Hall–Kier alpha value is -2.25. The summed E-state index contributed by atoms with van der Waals surface area (Å²) in [6.45, 7) is 2.16. The molecule has 6 nitrogen and oxygen atoms in total. The van der Waals surface area contributed by atoms with Crippen molar-refractivity contribution in [3.8, 4) is 0 Å². The van der Waals surface area contributed by atoms with Crippen molar-refractivity contribution in [1.82, 2.24) is 24.4 Å². The molecule has 26 heavy (non-hydrogen) atoms. The molecule has 3 aromatic heterocycles. The molecule has 0 bridgehead atoms. The first-order valence-corrected chi connectivity index (χ1v) is 9.80. The Morgan fingerprint density at radius 1 is 1.27 bits per heavy atom. The predicted molar refractivity (Wildman–Crippen MR) is 101 cm³/mol. The summed E-state index contributed by atoms with van der Waals surface area (Å²) in [6, 6.07) is 1.67. The highest BCUT2D eigenvalue weighted by Gasteiger charge is 2.27. The average Bonchev–Trinajstić information content (AvgIpc) is 3.34. The minimum atomic E-state index is -0.00994. The van der Waals surface area contributed by atoms with E-state index in [1.165, 1.54) is 6.20 Å². The fourth-order valence-corrected chi connectivity index (χ4v) is 4.08. The maximum atomic E-state index is 12.6. The maximum Gasteiger partial charge on any atom is 0.255 e. The highest BCUT2D eigenvalue weighted by atomic mass is 35.5. The monoisotopic (exact) mass is 387 g/mol. The highest BCUT2D eigenvalue weighted by molar-refractivity contribution is 7.07. The average molecular weight is 388 g/mol. The molecule has 8 heteroatoms. The zero-order valence-electron chi connectivity index (χ0n) is 14.1. The van der Waals surface area contributed by atoms with Gasteiger partial charge in [-0.05, 0) is 18.9 Å². The first-order chi connectivity index (χ1) is 12.7. The molecule has 4 rings (SSSR count). The number of carbonyl (C=O) groups is 1. The van der Waals surface area contributed by atoms with Crippen LogP contribution in [0, 0.1) is 0 Å². The highest BCUT2D eigenvalue weighted by Crippen LogP contribution is 2.28. The van der Waals surface area contributed by atoms with Gasteiger partial charge in [-0.3, -0.25) is 9.78 Å². The van der Waals surface area contributed by atoms with Crippen LogP contribution in [-0.4, -0.2) is 43.4 Å². The molecule has 0 spiro atoms. The second-order valence-electron chi connectivity index (χ2n) is 6.35. The number of hydrogen-bond acceptors (Lipinski definition) is 5. The fourth-order valence-electron chi connectivity index (χ4n) is 3.36. The Balaban J connectivity index is 1.41. The van der Waals surface area contributed by atoms with Crippen molar-refractivity contribution < 1.29 is 4.79 Å². The van der Waals surface area contributed by atoms with Gasteiger partial charge in [-0.2, -0.15) is 0 Å². The lowest BCUT2D eigenvalue weighted by molar-refractivity contribution is 0.0710. The lowest BCUT2D eigenvalue weighted by atomic mass is 9.95. The van der Waals surface area contributed by atoms with Crippen LogP contribution < -0.4 is 0 Å². The second-order valence-corrected chi connectivity index (χ2v) is 7.51. The number of halogens is 1. The number of imidazole rings is 1. The van der Waals surface area contributed by atoms with Crippen LogP contribution in [0.2, 0.25) is 5.02 Å². The molecular formula is C18H18ClN5OS. The van der Waals surface area contributed by atoms with Crippen molar-refractivity contribution in [1.29, 1.82) is 0 Å². The Kier molecular flexibility index (Phi) is 4.99. The van der Waals surface area contributed by atoms with Gasteiger partial charge in [0.15, 0.2) is 0 Å². The van der Waals surface area contributed by atoms with E-state index in [1.54, 1.807) is 23.6 Å². The van der Waals surface area contributed by atoms with E-state index in [-0.39, 0.29) is 5.91 Å². The standard InChI is InChI=1S/C18H18ClN5OS/c19-15-7-14(8-20-9-15)18(25)23-4-1-13(2-5-23)17-21-3-6-24(17)10-16-11-26-12-22-16/h3,6-9,11-13H,1-2,4-5,10H2. The van der Waals surface area contributed by atoms with Gasteiger partial charge in [0, 0.05) is 49.2 Å². The molecule has 1 fully saturated rings. The summed E-state index contributed by atoms with van der Waals surface area (Å²) in [4.78, 5) is 27.4. The van der Waals surface area contributed by atoms with Crippen LogP contribution in [-0.2, 0) is 6.54 Å². The van der Waals surface area contributed by atoms with E-state index in [0.29, 0.717) is 29.6 Å². The lowest BCUT2D eigenvalue weighted by Crippen LogP contribution is -2.38. The summed E-state index contributed by atoms with van der Waals surface area (Å²) in [5.74, 6) is 1.42. The molecule has 3 aromatic rings. The number of rotatable bonds is 4. The summed E-state index contributed by atoms with van der Waals surface area (Å²) in [5.41, 5.74) is 3.44. The third-order valence-electron chi connectivity index (χ3n) is 4.66. The smallest absolute Gasteiger partial charge is 0.255 e. The summed E-state index contributed by atoms with van der Waals surface area (Å²) in [5, 5.41) is 2.54. The summed E-state index contributed by atoms with van der Waals surface area (Å²) in [6.07, 6.45) is 8.75. The molecule has 0 N–H and O–H groups in total. The number of amides is 1. The van der Waals surface area contributed by atoms with Gasteiger partial charge in [-0.25, -0.2) is 9.97 Å². The van der Waals surface area contributed by atoms with Gasteiger partial charge in [0.1, 0.15) is 5.82 Å². The summed E-state index contributed by atoms with van der Waals surface area (Å²) >= 11 is 7.55. The second kappa shape index (κ2) is 7.55. The molecule has 1 amide bonds. The number of pyridine rings is 1. The number of carbonyl (C=O) groups excluding carboxylic acids is 1. The molecular weight excluding hydrogens is 370 g/mol. The Bertz CT molecular complexity index is 887. The van der Waals surface area contributed by atoms with Crippen molar-refractivity contribution in [2.45, 2.75) is 25.3 Å². The fraction of sp³-hybridized carbons (Fsp3) is 0.333. The molecule has 1 aliphatic heterocycles. The van der Waals surface area contributed by atoms with Crippen molar-refractivity contribution in [3.05, 3.63) is 63.8 Å². The van der Waals surface area contributed by atoms with E-state index in [9.17, 15) is 4.79 Å². The molecule has 134 valence electrons. The zero-order chi connectivity index (χ0) is 17.9. The number of thiazole rings is 1. The van der Waals surface area contributed by atoms with Crippen molar-refractivity contribution in [2.24, 2.45) is 0 Å². The maximum absolute atomic E-state index is 12.6. The first kappa shape index (κ1) is 17.2. The third-order valence-corrected chi connectivity index (χ3v) is 5.50. The van der Waals surface area contributed by atoms with Gasteiger partial charge < -0.3 is 9.47 Å². The number of piperidine rings is 1. The van der Waals surface area contributed by atoms with Crippen molar-refractivity contribution >= 4 is 28.8 Å².